The fraction of sp³-hybridized carbons (Fsp3) is 0.800. The third-order valence-corrected chi connectivity index (χ3v) is 2.19. The van der Waals surface area contributed by atoms with Gasteiger partial charge in [0.05, 0.1) is 0 Å². The van der Waals surface area contributed by atoms with Gasteiger partial charge in [-0.3, -0.25) is 9.68 Å². The SMILES string of the molecule is CCCCN(CCCC)C(=N)OONC(=O)S. The summed E-state index contributed by atoms with van der Waals surface area (Å²) in [5.41, 5.74) is 1.88. The second-order valence-electron chi connectivity index (χ2n) is 3.57. The lowest BCUT2D eigenvalue weighted by atomic mass is 10.3. The molecule has 0 aliphatic rings. The molecular weight excluding hydrogens is 242 g/mol. The number of hydroxylamine groups is 1. The van der Waals surface area contributed by atoms with Crippen LogP contribution in [-0.2, 0) is 9.88 Å². The third kappa shape index (κ3) is 8.82. The van der Waals surface area contributed by atoms with Crippen LogP contribution in [-0.4, -0.2) is 29.3 Å². The molecule has 0 fully saturated rings. The first-order chi connectivity index (χ1) is 8.11. The molecule has 6 nitrogen and oxygen atoms in total. The van der Waals surface area contributed by atoms with E-state index in [1.54, 1.807) is 4.90 Å². The third-order valence-electron chi connectivity index (χ3n) is 2.10. The van der Waals surface area contributed by atoms with Gasteiger partial charge in [0.15, 0.2) is 0 Å². The number of hydrogen-bond acceptors (Lipinski definition) is 4. The van der Waals surface area contributed by atoms with E-state index in [1.165, 1.54) is 0 Å². The van der Waals surface area contributed by atoms with Crippen molar-refractivity contribution in [3.8, 4) is 0 Å². The molecule has 0 radical (unpaired) electrons. The highest BCUT2D eigenvalue weighted by atomic mass is 32.1. The molecule has 0 saturated heterocycles. The van der Waals surface area contributed by atoms with Crippen molar-refractivity contribution >= 4 is 23.9 Å². The van der Waals surface area contributed by atoms with Gasteiger partial charge in [0.25, 0.3) is 0 Å². The summed E-state index contributed by atoms with van der Waals surface area (Å²) in [6, 6.07) is -0.103. The van der Waals surface area contributed by atoms with E-state index in [-0.39, 0.29) is 6.02 Å². The van der Waals surface area contributed by atoms with Gasteiger partial charge in [-0.05, 0) is 12.8 Å². The Morgan fingerprint density at radius 1 is 1.29 bits per heavy atom. The van der Waals surface area contributed by atoms with E-state index in [0.717, 1.165) is 38.8 Å². The van der Waals surface area contributed by atoms with Crippen molar-refractivity contribution in [3.63, 3.8) is 0 Å². The van der Waals surface area contributed by atoms with E-state index >= 15 is 0 Å². The predicted octanol–water partition coefficient (Wildman–Crippen LogP) is 2.33. The number of hydrogen-bond donors (Lipinski definition) is 3. The van der Waals surface area contributed by atoms with Gasteiger partial charge in [-0.25, -0.2) is 5.41 Å². The highest BCUT2D eigenvalue weighted by molar-refractivity contribution is 7.96. The van der Waals surface area contributed by atoms with Crippen LogP contribution in [0.4, 0.5) is 4.79 Å². The largest absolute Gasteiger partial charge is 0.325 e. The normalized spacial score (nSPS) is 9.82. The Kier molecular flexibility index (Phi) is 9.65. The van der Waals surface area contributed by atoms with Crippen molar-refractivity contribution in [1.82, 2.24) is 10.4 Å². The first kappa shape index (κ1) is 16.1. The van der Waals surface area contributed by atoms with E-state index in [9.17, 15) is 4.79 Å². The molecule has 0 aromatic rings. The lowest BCUT2D eigenvalue weighted by molar-refractivity contribution is -0.264. The average Bonchev–Trinajstić information content (AvgIpc) is 2.28. The molecule has 0 unspecified atom stereocenters. The molecule has 0 atom stereocenters. The Balaban J connectivity index is 3.97. The van der Waals surface area contributed by atoms with Crippen molar-refractivity contribution in [1.29, 1.82) is 5.41 Å². The number of carbonyl (C=O) groups is 1. The number of rotatable bonds is 8. The zero-order valence-corrected chi connectivity index (χ0v) is 11.3. The summed E-state index contributed by atoms with van der Waals surface area (Å²) in [7, 11) is 0. The van der Waals surface area contributed by atoms with Gasteiger partial charge in [0, 0.05) is 13.1 Å². The molecule has 0 bridgehead atoms. The molecule has 0 aromatic carbocycles. The van der Waals surface area contributed by atoms with Crippen LogP contribution >= 0.6 is 12.6 Å². The minimum absolute atomic E-state index is 0.103. The topological polar surface area (TPSA) is 74.7 Å². The molecule has 0 saturated carbocycles. The van der Waals surface area contributed by atoms with Gasteiger partial charge in [0.2, 0.25) is 0 Å². The summed E-state index contributed by atoms with van der Waals surface area (Å²) < 4.78 is 0. The molecule has 0 spiro atoms. The quantitative estimate of drug-likeness (QED) is 0.206. The summed E-state index contributed by atoms with van der Waals surface area (Å²) in [5.74, 6) is 0. The van der Waals surface area contributed by atoms with Crippen LogP contribution in [0, 0.1) is 5.41 Å². The Labute approximate surface area is 107 Å². The van der Waals surface area contributed by atoms with E-state index in [2.05, 4.69) is 36.4 Å². The van der Waals surface area contributed by atoms with Crippen molar-refractivity contribution in [3.05, 3.63) is 0 Å². The standard InChI is InChI=1S/C10H21N3O3S/c1-3-5-7-13(8-6-4-2)9(11)15-16-12-10(14)17/h11H,3-8H2,1-2H3,(H2,12,14,17). The lowest BCUT2D eigenvalue weighted by Gasteiger charge is -2.22. The molecule has 0 aliphatic carbocycles. The van der Waals surface area contributed by atoms with Crippen LogP contribution in [0.2, 0.25) is 0 Å². The van der Waals surface area contributed by atoms with Crippen LogP contribution in [0.1, 0.15) is 39.5 Å². The van der Waals surface area contributed by atoms with Crippen LogP contribution in [0.15, 0.2) is 0 Å². The van der Waals surface area contributed by atoms with E-state index in [1.807, 2.05) is 5.48 Å². The van der Waals surface area contributed by atoms with Crippen molar-refractivity contribution in [2.75, 3.05) is 13.1 Å². The van der Waals surface area contributed by atoms with Gasteiger partial charge in [-0.1, -0.05) is 44.3 Å². The highest BCUT2D eigenvalue weighted by Crippen LogP contribution is 2.01. The summed E-state index contributed by atoms with van der Waals surface area (Å²) in [5, 5.41) is 6.97. The fourth-order valence-corrected chi connectivity index (χ4v) is 1.20. The molecule has 0 rings (SSSR count). The molecular formula is C10H21N3O3S. The highest BCUT2D eigenvalue weighted by Gasteiger charge is 2.11. The monoisotopic (exact) mass is 263 g/mol. The fourth-order valence-electron chi connectivity index (χ4n) is 1.16. The van der Waals surface area contributed by atoms with Gasteiger partial charge >= 0.3 is 11.3 Å². The lowest BCUT2D eigenvalue weighted by Crippen LogP contribution is -2.35. The van der Waals surface area contributed by atoms with E-state index in [4.69, 9.17) is 5.41 Å². The number of nitrogens with zero attached hydrogens (tertiary/aromatic N) is 1. The molecule has 17 heavy (non-hydrogen) atoms. The summed E-state index contributed by atoms with van der Waals surface area (Å²) in [4.78, 5) is 21.2. The maximum Gasteiger partial charge on any atom is 0.325 e. The second kappa shape index (κ2) is 10.2. The van der Waals surface area contributed by atoms with Gasteiger partial charge in [-0.2, -0.15) is 5.48 Å². The zero-order valence-electron chi connectivity index (χ0n) is 10.4. The Morgan fingerprint density at radius 2 is 1.82 bits per heavy atom. The molecule has 2 N–H and O–H groups in total. The Morgan fingerprint density at radius 3 is 2.24 bits per heavy atom. The average molecular weight is 263 g/mol. The number of carbonyl (C=O) groups excluding carboxylic acids is 1. The van der Waals surface area contributed by atoms with E-state index < -0.39 is 5.24 Å². The maximum absolute atomic E-state index is 10.4. The van der Waals surface area contributed by atoms with Gasteiger partial charge < -0.3 is 4.90 Å². The van der Waals surface area contributed by atoms with Gasteiger partial charge in [-0.15, -0.1) is 0 Å². The molecule has 0 aliphatic heterocycles. The van der Waals surface area contributed by atoms with Gasteiger partial charge in [0.1, 0.15) is 0 Å². The summed E-state index contributed by atoms with van der Waals surface area (Å²) in [6.07, 6.45) is 4.05. The maximum atomic E-state index is 10.4. The van der Waals surface area contributed by atoms with E-state index in [0.29, 0.717) is 0 Å². The van der Waals surface area contributed by atoms with Crippen LogP contribution in [0.3, 0.4) is 0 Å². The summed E-state index contributed by atoms with van der Waals surface area (Å²) >= 11 is 3.43. The number of thiol groups is 1. The molecule has 0 aromatic heterocycles. The minimum atomic E-state index is -0.675. The predicted molar refractivity (Wildman–Crippen MR) is 68.8 cm³/mol. The summed E-state index contributed by atoms with van der Waals surface area (Å²) in [6.45, 7) is 5.65. The van der Waals surface area contributed by atoms with Crippen molar-refractivity contribution in [2.24, 2.45) is 0 Å². The molecule has 1 amide bonds. The first-order valence-corrected chi connectivity index (χ1v) is 6.22. The smallest absolute Gasteiger partial charge is 0.324 e. The van der Waals surface area contributed by atoms with Crippen LogP contribution in [0.5, 0.6) is 0 Å². The number of amides is 1. The number of amidine groups is 1. The Hall–Kier alpha value is -0.950. The molecule has 7 heteroatoms. The first-order valence-electron chi connectivity index (χ1n) is 5.77. The van der Waals surface area contributed by atoms with Crippen molar-refractivity contribution in [2.45, 2.75) is 39.5 Å². The van der Waals surface area contributed by atoms with Crippen molar-refractivity contribution < 1.29 is 14.7 Å². The molecule has 100 valence electrons. The number of nitrogens with one attached hydrogen (secondary N) is 2. The Bertz CT molecular complexity index is 231. The van der Waals surface area contributed by atoms with Crippen LogP contribution in [0.25, 0.3) is 0 Å². The molecule has 0 heterocycles. The second-order valence-corrected chi connectivity index (χ2v) is 3.98. The minimum Gasteiger partial charge on any atom is -0.324 e. The zero-order chi connectivity index (χ0) is 13.1. The van der Waals surface area contributed by atoms with Crippen LogP contribution < -0.4 is 5.48 Å². The number of unbranched alkanes of at least 4 members (excludes halogenated alkanes) is 2.